The molecule has 3 nitrogen and oxygen atoms in total. The highest BCUT2D eigenvalue weighted by Gasteiger charge is 2.10. The van der Waals surface area contributed by atoms with Gasteiger partial charge in [0, 0.05) is 6.54 Å². The highest BCUT2D eigenvalue weighted by atomic mass is 15.2. The quantitative estimate of drug-likeness (QED) is 0.817. The van der Waals surface area contributed by atoms with Crippen LogP contribution in [0.25, 0.3) is 11.0 Å². The minimum Gasteiger partial charge on any atom is -0.356 e. The van der Waals surface area contributed by atoms with Crippen LogP contribution in [0.1, 0.15) is 18.1 Å². The number of rotatable bonds is 3. The molecule has 1 heterocycles. The van der Waals surface area contributed by atoms with Crippen molar-refractivity contribution in [2.75, 3.05) is 11.9 Å². The maximum absolute atomic E-state index is 5.42. The number of imidazole rings is 1. The highest BCUT2D eigenvalue weighted by molar-refractivity contribution is 5.80. The number of fused-ring (bicyclic) bond motifs is 1. The Hall–Kier alpha value is -1.95. The third-order valence-electron chi connectivity index (χ3n) is 2.95. The molecule has 0 atom stereocenters. The minimum absolute atomic E-state index is 0.543. The van der Waals surface area contributed by atoms with Crippen LogP contribution in [0.2, 0.25) is 0 Å². The Bertz CT molecular complexity index is 588. The summed E-state index contributed by atoms with van der Waals surface area (Å²) in [5, 5.41) is 3.25. The van der Waals surface area contributed by atoms with Gasteiger partial charge in [0.25, 0.3) is 0 Å². The fourth-order valence-electron chi connectivity index (χ4n) is 1.92. The summed E-state index contributed by atoms with van der Waals surface area (Å²) in [6.45, 7) is 7.64. The summed E-state index contributed by atoms with van der Waals surface area (Å²) < 4.78 is 2.05. The number of anilines is 1. The smallest absolute Gasteiger partial charge is 0.204 e. The average Bonchev–Trinajstić information content (AvgIpc) is 2.59. The first-order valence-corrected chi connectivity index (χ1v) is 5.82. The molecule has 1 aromatic heterocycles. The van der Waals surface area contributed by atoms with E-state index in [1.54, 1.807) is 0 Å². The van der Waals surface area contributed by atoms with Gasteiger partial charge >= 0.3 is 0 Å². The number of hydrogen-bond donors (Lipinski definition) is 1. The summed E-state index contributed by atoms with van der Waals surface area (Å²) in [5.74, 6) is 3.53. The van der Waals surface area contributed by atoms with Gasteiger partial charge in [-0.15, -0.1) is 6.42 Å². The first-order valence-electron chi connectivity index (χ1n) is 5.82. The SMILES string of the molecule is C#CCn1c(NCC)nc2cc(C)c(C)cc21. The van der Waals surface area contributed by atoms with Crippen LogP contribution in [0.5, 0.6) is 0 Å². The first kappa shape index (κ1) is 11.5. The molecule has 0 aliphatic rings. The summed E-state index contributed by atoms with van der Waals surface area (Å²) in [4.78, 5) is 4.58. The van der Waals surface area contributed by atoms with Crippen LogP contribution < -0.4 is 5.32 Å². The van der Waals surface area contributed by atoms with Crippen molar-refractivity contribution >= 4 is 17.0 Å². The molecule has 2 aromatic rings. The highest BCUT2D eigenvalue weighted by Crippen LogP contribution is 2.23. The van der Waals surface area contributed by atoms with Crippen LogP contribution in [0, 0.1) is 26.2 Å². The maximum Gasteiger partial charge on any atom is 0.204 e. The van der Waals surface area contributed by atoms with Crippen molar-refractivity contribution in [1.82, 2.24) is 9.55 Å². The van der Waals surface area contributed by atoms with E-state index in [0.29, 0.717) is 6.54 Å². The molecule has 3 heteroatoms. The second-order valence-corrected chi connectivity index (χ2v) is 4.18. The molecule has 2 rings (SSSR count). The monoisotopic (exact) mass is 227 g/mol. The van der Waals surface area contributed by atoms with Crippen LogP contribution in [-0.4, -0.2) is 16.1 Å². The standard InChI is InChI=1S/C14H17N3/c1-5-7-17-13-9-11(4)10(3)8-12(13)16-14(17)15-6-2/h1,8-9H,6-7H2,2-4H3,(H,15,16). The Labute approximate surface area is 102 Å². The zero-order valence-electron chi connectivity index (χ0n) is 10.5. The lowest BCUT2D eigenvalue weighted by Gasteiger charge is -2.06. The normalized spacial score (nSPS) is 10.5. The van der Waals surface area contributed by atoms with Crippen LogP contribution in [-0.2, 0) is 6.54 Å². The van der Waals surface area contributed by atoms with E-state index >= 15 is 0 Å². The zero-order valence-corrected chi connectivity index (χ0v) is 10.5. The van der Waals surface area contributed by atoms with Crippen LogP contribution in [0.4, 0.5) is 5.95 Å². The van der Waals surface area contributed by atoms with E-state index in [1.165, 1.54) is 11.1 Å². The van der Waals surface area contributed by atoms with E-state index in [9.17, 15) is 0 Å². The Kier molecular flexibility index (Phi) is 3.06. The van der Waals surface area contributed by atoms with E-state index in [2.05, 4.69) is 49.1 Å². The lowest BCUT2D eigenvalue weighted by molar-refractivity contribution is 0.868. The fraction of sp³-hybridized carbons (Fsp3) is 0.357. The number of terminal acetylenes is 1. The van der Waals surface area contributed by atoms with Crippen molar-refractivity contribution in [3.05, 3.63) is 23.3 Å². The predicted molar refractivity (Wildman–Crippen MR) is 72.2 cm³/mol. The van der Waals surface area contributed by atoms with Gasteiger partial charge in [-0.3, -0.25) is 4.57 Å². The van der Waals surface area contributed by atoms with Crippen molar-refractivity contribution in [2.24, 2.45) is 0 Å². The number of aryl methyl sites for hydroxylation is 2. The molecule has 0 radical (unpaired) electrons. The maximum atomic E-state index is 5.42. The molecule has 1 aromatic carbocycles. The Morgan fingerprint density at radius 3 is 2.71 bits per heavy atom. The third-order valence-corrected chi connectivity index (χ3v) is 2.95. The van der Waals surface area contributed by atoms with Gasteiger partial charge in [-0.1, -0.05) is 5.92 Å². The van der Waals surface area contributed by atoms with Crippen LogP contribution >= 0.6 is 0 Å². The third kappa shape index (κ3) is 1.99. The molecule has 0 amide bonds. The second-order valence-electron chi connectivity index (χ2n) is 4.18. The van der Waals surface area contributed by atoms with Gasteiger partial charge < -0.3 is 5.32 Å². The van der Waals surface area contributed by atoms with Gasteiger partial charge in [0.1, 0.15) is 0 Å². The van der Waals surface area contributed by atoms with Gasteiger partial charge in [-0.25, -0.2) is 4.98 Å². The van der Waals surface area contributed by atoms with Gasteiger partial charge in [0.2, 0.25) is 5.95 Å². The van der Waals surface area contributed by atoms with Crippen molar-refractivity contribution in [3.8, 4) is 12.3 Å². The molecular weight excluding hydrogens is 210 g/mol. The topological polar surface area (TPSA) is 29.9 Å². The molecule has 0 unspecified atom stereocenters. The summed E-state index contributed by atoms with van der Waals surface area (Å²) in [5.41, 5.74) is 4.62. The first-order chi connectivity index (χ1) is 8.17. The molecule has 0 bridgehead atoms. The number of nitrogens with one attached hydrogen (secondary N) is 1. The van der Waals surface area contributed by atoms with Crippen molar-refractivity contribution < 1.29 is 0 Å². The minimum atomic E-state index is 0.543. The van der Waals surface area contributed by atoms with E-state index in [1.807, 2.05) is 4.57 Å². The average molecular weight is 227 g/mol. The Balaban J connectivity index is 2.67. The molecule has 0 spiro atoms. The molecule has 1 N–H and O–H groups in total. The second kappa shape index (κ2) is 4.50. The lowest BCUT2D eigenvalue weighted by atomic mass is 10.1. The van der Waals surface area contributed by atoms with Gasteiger partial charge in [0.05, 0.1) is 17.6 Å². The number of nitrogens with zero attached hydrogens (tertiary/aromatic N) is 2. The predicted octanol–water partition coefficient (Wildman–Crippen LogP) is 2.72. The molecule has 0 aliphatic carbocycles. The fourth-order valence-corrected chi connectivity index (χ4v) is 1.92. The Morgan fingerprint density at radius 2 is 2.06 bits per heavy atom. The zero-order chi connectivity index (χ0) is 12.4. The molecule has 17 heavy (non-hydrogen) atoms. The van der Waals surface area contributed by atoms with Gasteiger partial charge in [0.15, 0.2) is 0 Å². The number of aromatic nitrogens is 2. The van der Waals surface area contributed by atoms with Crippen molar-refractivity contribution in [2.45, 2.75) is 27.3 Å². The van der Waals surface area contributed by atoms with Crippen LogP contribution in [0.3, 0.4) is 0 Å². The van der Waals surface area contributed by atoms with E-state index < -0.39 is 0 Å². The van der Waals surface area contributed by atoms with Gasteiger partial charge in [-0.2, -0.15) is 0 Å². The van der Waals surface area contributed by atoms with Crippen molar-refractivity contribution in [1.29, 1.82) is 0 Å². The summed E-state index contributed by atoms with van der Waals surface area (Å²) in [7, 11) is 0. The van der Waals surface area contributed by atoms with E-state index in [4.69, 9.17) is 6.42 Å². The molecule has 0 saturated carbocycles. The molecule has 88 valence electrons. The van der Waals surface area contributed by atoms with Crippen LogP contribution in [0.15, 0.2) is 12.1 Å². The summed E-state index contributed by atoms with van der Waals surface area (Å²) in [6, 6.07) is 4.26. The molecule has 0 aliphatic heterocycles. The van der Waals surface area contributed by atoms with E-state index in [0.717, 1.165) is 23.5 Å². The van der Waals surface area contributed by atoms with Gasteiger partial charge in [-0.05, 0) is 44.0 Å². The summed E-state index contributed by atoms with van der Waals surface area (Å²) in [6.07, 6.45) is 5.42. The molecule has 0 saturated heterocycles. The summed E-state index contributed by atoms with van der Waals surface area (Å²) >= 11 is 0. The molecular formula is C14H17N3. The molecule has 0 fully saturated rings. The number of benzene rings is 1. The number of hydrogen-bond acceptors (Lipinski definition) is 2. The largest absolute Gasteiger partial charge is 0.356 e. The van der Waals surface area contributed by atoms with Crippen molar-refractivity contribution in [3.63, 3.8) is 0 Å². The van der Waals surface area contributed by atoms with E-state index in [-0.39, 0.29) is 0 Å². The Morgan fingerprint density at radius 1 is 1.35 bits per heavy atom. The lowest BCUT2D eigenvalue weighted by Crippen LogP contribution is -2.06.